The van der Waals surface area contributed by atoms with Crippen molar-refractivity contribution >= 4 is 5.91 Å². The van der Waals surface area contributed by atoms with E-state index in [4.69, 9.17) is 0 Å². The highest BCUT2D eigenvalue weighted by Crippen LogP contribution is 2.23. The Balaban J connectivity index is 2.02. The first-order valence-electron chi connectivity index (χ1n) is 7.47. The molecule has 1 aromatic rings. The molecule has 110 valence electrons. The summed E-state index contributed by atoms with van der Waals surface area (Å²) in [5.41, 5.74) is 1.97. The second kappa shape index (κ2) is 5.96. The van der Waals surface area contributed by atoms with Gasteiger partial charge >= 0.3 is 0 Å². The number of hydrogen-bond donors (Lipinski definition) is 2. The van der Waals surface area contributed by atoms with Crippen molar-refractivity contribution in [2.24, 2.45) is 0 Å². The second-order valence-electron chi connectivity index (χ2n) is 6.76. The molecule has 0 aliphatic heterocycles. The molecule has 3 nitrogen and oxygen atoms in total. The topological polar surface area (TPSA) is 49.3 Å². The van der Waals surface area contributed by atoms with E-state index in [0.29, 0.717) is 5.56 Å². The molecule has 1 aliphatic rings. The molecule has 1 saturated carbocycles. The minimum Gasteiger partial charge on any atom is -0.391 e. The minimum absolute atomic E-state index is 0.0867. The Bertz CT molecular complexity index is 459. The molecule has 0 unspecified atom stereocenters. The van der Waals surface area contributed by atoms with E-state index in [1.807, 2.05) is 24.3 Å². The van der Waals surface area contributed by atoms with Crippen LogP contribution in [0.25, 0.3) is 0 Å². The van der Waals surface area contributed by atoms with Gasteiger partial charge in [-0.05, 0) is 36.0 Å². The zero-order valence-electron chi connectivity index (χ0n) is 12.6. The van der Waals surface area contributed by atoms with Crippen LogP contribution in [-0.2, 0) is 5.41 Å². The molecule has 0 radical (unpaired) electrons. The van der Waals surface area contributed by atoms with Crippen LogP contribution in [-0.4, -0.2) is 23.2 Å². The number of carbonyl (C=O) groups excluding carboxylic acids is 1. The first kappa shape index (κ1) is 15.0. The highest BCUT2D eigenvalue weighted by atomic mass is 16.3. The van der Waals surface area contributed by atoms with Gasteiger partial charge in [-0.3, -0.25) is 4.79 Å². The van der Waals surface area contributed by atoms with E-state index in [9.17, 15) is 9.90 Å². The largest absolute Gasteiger partial charge is 0.391 e. The maximum absolute atomic E-state index is 12.2. The molecule has 0 heterocycles. The van der Waals surface area contributed by atoms with E-state index >= 15 is 0 Å². The SMILES string of the molecule is CC(C)(C)c1ccc(C(=O)N[C@H]2CCCC[C@@H]2O)cc1. The lowest BCUT2D eigenvalue weighted by molar-refractivity contribution is 0.0717. The van der Waals surface area contributed by atoms with Crippen LogP contribution < -0.4 is 5.32 Å². The summed E-state index contributed by atoms with van der Waals surface area (Å²) in [4.78, 5) is 12.2. The van der Waals surface area contributed by atoms with Gasteiger partial charge < -0.3 is 10.4 Å². The van der Waals surface area contributed by atoms with E-state index in [-0.39, 0.29) is 17.4 Å². The monoisotopic (exact) mass is 275 g/mol. The van der Waals surface area contributed by atoms with Gasteiger partial charge in [0.2, 0.25) is 0 Å². The molecule has 3 heteroatoms. The first-order valence-corrected chi connectivity index (χ1v) is 7.47. The molecule has 1 aromatic carbocycles. The summed E-state index contributed by atoms with van der Waals surface area (Å²) >= 11 is 0. The van der Waals surface area contributed by atoms with Crippen LogP contribution in [0, 0.1) is 0 Å². The number of nitrogens with one attached hydrogen (secondary N) is 1. The summed E-state index contributed by atoms with van der Waals surface area (Å²) in [6, 6.07) is 7.65. The third-order valence-electron chi connectivity index (χ3n) is 4.06. The van der Waals surface area contributed by atoms with Crippen LogP contribution in [0.2, 0.25) is 0 Å². The van der Waals surface area contributed by atoms with E-state index in [0.717, 1.165) is 25.7 Å². The molecular formula is C17H25NO2. The third kappa shape index (κ3) is 3.60. The quantitative estimate of drug-likeness (QED) is 0.871. The Labute approximate surface area is 121 Å². The fraction of sp³-hybridized carbons (Fsp3) is 0.588. The smallest absolute Gasteiger partial charge is 0.251 e. The van der Waals surface area contributed by atoms with Crippen molar-refractivity contribution in [1.29, 1.82) is 0 Å². The predicted molar refractivity (Wildman–Crippen MR) is 80.9 cm³/mol. The average Bonchev–Trinajstić information content (AvgIpc) is 2.40. The van der Waals surface area contributed by atoms with Crippen molar-refractivity contribution in [3.8, 4) is 0 Å². The molecule has 2 atom stereocenters. The van der Waals surface area contributed by atoms with Crippen molar-refractivity contribution in [2.75, 3.05) is 0 Å². The lowest BCUT2D eigenvalue weighted by Gasteiger charge is -2.28. The van der Waals surface area contributed by atoms with Crippen LogP contribution in [0.1, 0.15) is 62.4 Å². The maximum Gasteiger partial charge on any atom is 0.251 e. The number of carbonyl (C=O) groups is 1. The molecule has 1 amide bonds. The number of hydrogen-bond acceptors (Lipinski definition) is 2. The summed E-state index contributed by atoms with van der Waals surface area (Å²) in [5.74, 6) is -0.0867. The van der Waals surface area contributed by atoms with Gasteiger partial charge in [0.15, 0.2) is 0 Å². The van der Waals surface area contributed by atoms with Gasteiger partial charge in [-0.15, -0.1) is 0 Å². The number of rotatable bonds is 2. The third-order valence-corrected chi connectivity index (χ3v) is 4.06. The molecule has 1 aliphatic carbocycles. The first-order chi connectivity index (χ1) is 9.38. The lowest BCUT2D eigenvalue weighted by Crippen LogP contribution is -2.45. The Morgan fingerprint density at radius 2 is 1.75 bits per heavy atom. The zero-order chi connectivity index (χ0) is 14.8. The molecule has 2 rings (SSSR count). The molecule has 0 spiro atoms. The van der Waals surface area contributed by atoms with Crippen LogP contribution in [0.4, 0.5) is 0 Å². The van der Waals surface area contributed by atoms with Gasteiger partial charge in [0, 0.05) is 5.56 Å². The predicted octanol–water partition coefficient (Wildman–Crippen LogP) is 3.02. The summed E-state index contributed by atoms with van der Waals surface area (Å²) in [6.07, 6.45) is 3.38. The number of benzene rings is 1. The molecular weight excluding hydrogens is 250 g/mol. The van der Waals surface area contributed by atoms with E-state index in [1.165, 1.54) is 5.56 Å². The molecule has 20 heavy (non-hydrogen) atoms. The van der Waals surface area contributed by atoms with Gasteiger partial charge in [0.25, 0.3) is 5.91 Å². The fourth-order valence-corrected chi connectivity index (χ4v) is 2.65. The van der Waals surface area contributed by atoms with Gasteiger partial charge in [0.1, 0.15) is 0 Å². The Morgan fingerprint density at radius 1 is 1.15 bits per heavy atom. The zero-order valence-corrected chi connectivity index (χ0v) is 12.6. The fourth-order valence-electron chi connectivity index (χ4n) is 2.65. The lowest BCUT2D eigenvalue weighted by atomic mass is 9.86. The summed E-state index contributed by atoms with van der Waals surface area (Å²) < 4.78 is 0. The van der Waals surface area contributed by atoms with Crippen LogP contribution >= 0.6 is 0 Å². The van der Waals surface area contributed by atoms with E-state index < -0.39 is 6.10 Å². The summed E-state index contributed by atoms with van der Waals surface area (Å²) in [5, 5.41) is 12.9. The number of aliphatic hydroxyl groups is 1. The number of aliphatic hydroxyl groups excluding tert-OH is 1. The van der Waals surface area contributed by atoms with Gasteiger partial charge in [-0.2, -0.15) is 0 Å². The molecule has 0 bridgehead atoms. The highest BCUT2D eigenvalue weighted by molar-refractivity contribution is 5.94. The standard InChI is InChI=1S/C17H25NO2/c1-17(2,3)13-10-8-12(9-11-13)16(20)18-14-6-4-5-7-15(14)19/h8-11,14-15,19H,4-7H2,1-3H3,(H,18,20)/t14-,15-/m0/s1. The Kier molecular flexibility index (Phi) is 4.48. The van der Waals surface area contributed by atoms with Crippen molar-refractivity contribution in [2.45, 2.75) is 64.0 Å². The van der Waals surface area contributed by atoms with E-state index in [2.05, 4.69) is 26.1 Å². The van der Waals surface area contributed by atoms with Crippen LogP contribution in [0.5, 0.6) is 0 Å². The van der Waals surface area contributed by atoms with Crippen molar-refractivity contribution in [1.82, 2.24) is 5.32 Å². The Hall–Kier alpha value is -1.35. The average molecular weight is 275 g/mol. The van der Waals surface area contributed by atoms with Crippen molar-refractivity contribution in [3.05, 3.63) is 35.4 Å². The van der Waals surface area contributed by atoms with Gasteiger partial charge in [-0.25, -0.2) is 0 Å². The van der Waals surface area contributed by atoms with E-state index in [1.54, 1.807) is 0 Å². The van der Waals surface area contributed by atoms with Crippen LogP contribution in [0.3, 0.4) is 0 Å². The number of amides is 1. The Morgan fingerprint density at radius 3 is 2.30 bits per heavy atom. The second-order valence-corrected chi connectivity index (χ2v) is 6.76. The maximum atomic E-state index is 12.2. The minimum atomic E-state index is -0.401. The molecule has 2 N–H and O–H groups in total. The molecule has 1 fully saturated rings. The van der Waals surface area contributed by atoms with Gasteiger partial charge in [0.05, 0.1) is 12.1 Å². The van der Waals surface area contributed by atoms with Crippen LogP contribution in [0.15, 0.2) is 24.3 Å². The summed E-state index contributed by atoms with van der Waals surface area (Å²) in [7, 11) is 0. The molecule has 0 aromatic heterocycles. The molecule has 0 saturated heterocycles. The normalized spacial score (nSPS) is 23.4. The summed E-state index contributed by atoms with van der Waals surface area (Å²) in [6.45, 7) is 6.46. The van der Waals surface area contributed by atoms with Crippen molar-refractivity contribution < 1.29 is 9.90 Å². The highest BCUT2D eigenvalue weighted by Gasteiger charge is 2.25. The van der Waals surface area contributed by atoms with Crippen molar-refractivity contribution in [3.63, 3.8) is 0 Å². The van der Waals surface area contributed by atoms with Gasteiger partial charge in [-0.1, -0.05) is 45.7 Å².